The number of ether oxygens (including phenoxy) is 4. The maximum atomic E-state index is 13.0. The Hall–Kier alpha value is -2.20. The van der Waals surface area contributed by atoms with E-state index < -0.39 is 59.8 Å². The summed E-state index contributed by atoms with van der Waals surface area (Å²) in [5.74, 6) is -0.397. The van der Waals surface area contributed by atoms with E-state index in [1.165, 1.54) is 173 Å². The number of aliphatic hydroxyl groups is 3. The minimum atomic E-state index is -5.07. The normalized spacial score (nSPS) is 18.9. The quantitative estimate of drug-likeness (QED) is 0.0196. The van der Waals surface area contributed by atoms with Crippen molar-refractivity contribution in [1.29, 1.82) is 0 Å². The number of carbonyl (C=O) groups is 1. The molecule has 1 aliphatic heterocycles. The van der Waals surface area contributed by atoms with Gasteiger partial charge in [0.2, 0.25) is 0 Å². The third-order valence-electron chi connectivity index (χ3n) is 14.1. The molecular weight excluding hydrogens is 981 g/mol. The van der Waals surface area contributed by atoms with Crippen molar-refractivity contribution in [3.63, 3.8) is 0 Å². The Morgan fingerprint density at radius 2 is 0.908 bits per heavy atom. The lowest BCUT2D eigenvalue weighted by Gasteiger charge is -2.41. The zero-order valence-corrected chi connectivity index (χ0v) is 49.1. The Balaban J connectivity index is 2.26. The predicted molar refractivity (Wildman–Crippen MR) is 313 cm³/mol. The summed E-state index contributed by atoms with van der Waals surface area (Å²) in [5.41, 5.74) is 0. The Morgan fingerprint density at radius 3 is 1.34 bits per heavy atom. The van der Waals surface area contributed by atoms with Crippen LogP contribution in [0.1, 0.15) is 271 Å². The van der Waals surface area contributed by atoms with Gasteiger partial charge in [-0.15, -0.1) is 0 Å². The zero-order valence-electron chi connectivity index (χ0n) is 48.3. The molecule has 1 saturated heterocycles. The molecule has 0 aliphatic carbocycles. The molecule has 13 heteroatoms. The second-order valence-corrected chi connectivity index (χ2v) is 22.3. The lowest BCUT2D eigenvalue weighted by molar-refractivity contribution is -0.301. The highest BCUT2D eigenvalue weighted by molar-refractivity contribution is 7.80. The fourth-order valence-corrected chi connectivity index (χ4v) is 9.99. The van der Waals surface area contributed by atoms with E-state index in [9.17, 15) is 33.1 Å². The van der Waals surface area contributed by atoms with Gasteiger partial charge in [0.25, 0.3) is 0 Å². The van der Waals surface area contributed by atoms with Gasteiger partial charge >= 0.3 is 16.4 Å². The first-order chi connectivity index (χ1) is 37.1. The largest absolute Gasteiger partial charge is 0.457 e. The number of allylic oxidation sites excluding steroid dienone is 10. The van der Waals surface area contributed by atoms with Crippen LogP contribution >= 0.6 is 0 Å². The number of hydrogen-bond donors (Lipinski definition) is 4. The maximum Gasteiger partial charge on any atom is 0.397 e. The minimum absolute atomic E-state index is 0.0338. The Morgan fingerprint density at radius 1 is 0.513 bits per heavy atom. The Kier molecular flexibility index (Phi) is 50.5. The summed E-state index contributed by atoms with van der Waals surface area (Å²) in [6, 6.07) is 0. The lowest BCUT2D eigenvalue weighted by atomic mass is 9.99. The molecule has 4 N–H and O–H groups in total. The fourth-order valence-electron chi connectivity index (χ4n) is 9.49. The highest BCUT2D eigenvalue weighted by Gasteiger charge is 2.48. The molecule has 6 unspecified atom stereocenters. The summed E-state index contributed by atoms with van der Waals surface area (Å²) in [4.78, 5) is 13.0. The molecule has 0 aromatic rings. The standard InChI is InChI=1S/C63H114O12S/c1-3-5-7-9-11-13-15-17-19-21-23-25-27-29-30-32-34-36-38-40-42-44-46-48-50-52-59(65)73-57(56-72-63-61(67)62(75-76(68,69)70)60(66)58(54-64)74-63)55-71-53-51-49-47-45-43-41-39-37-35-33-31-28-26-24-22-20-18-16-14-12-10-8-6-4-2/h6,8,12,14,18,20-21,23-24,26,57-58,60-64,66-67H,3-5,7,9-11,13,15-17,19,22,25,27-56H2,1-2H3,(H,68,69,70)/b8-6-,14-12-,20-18-,23-21-,26-24-. The van der Waals surface area contributed by atoms with Gasteiger partial charge in [-0.1, -0.05) is 248 Å². The molecule has 1 rings (SSSR count). The number of hydrogen-bond acceptors (Lipinski definition) is 11. The molecule has 6 atom stereocenters. The van der Waals surface area contributed by atoms with Crippen LogP contribution in [0.3, 0.4) is 0 Å². The van der Waals surface area contributed by atoms with Crippen LogP contribution in [-0.2, 0) is 38.3 Å². The second kappa shape index (κ2) is 53.4. The van der Waals surface area contributed by atoms with Crippen molar-refractivity contribution in [3.05, 3.63) is 60.8 Å². The summed E-state index contributed by atoms with van der Waals surface area (Å²) in [7, 11) is -5.07. The molecule has 0 aromatic heterocycles. The molecule has 0 amide bonds. The van der Waals surface area contributed by atoms with Gasteiger partial charge in [0, 0.05) is 13.0 Å². The van der Waals surface area contributed by atoms with Crippen molar-refractivity contribution in [2.45, 2.75) is 307 Å². The average molecular weight is 1100 g/mol. The lowest BCUT2D eigenvalue weighted by Crippen LogP contribution is -2.60. The van der Waals surface area contributed by atoms with Crippen LogP contribution in [0.15, 0.2) is 60.8 Å². The first-order valence-electron chi connectivity index (χ1n) is 31.0. The van der Waals surface area contributed by atoms with Crippen LogP contribution in [0.5, 0.6) is 0 Å². The summed E-state index contributed by atoms with van der Waals surface area (Å²) in [6.07, 6.45) is 61.2. The van der Waals surface area contributed by atoms with E-state index in [2.05, 4.69) is 78.8 Å². The number of rotatable bonds is 55. The van der Waals surface area contributed by atoms with Crippen LogP contribution in [0.2, 0.25) is 0 Å². The summed E-state index contributed by atoms with van der Waals surface area (Å²) in [5, 5.41) is 30.9. The number of unbranched alkanes of at least 4 members (excludes halogenated alkanes) is 32. The van der Waals surface area contributed by atoms with Gasteiger partial charge in [-0.3, -0.25) is 9.35 Å². The monoisotopic (exact) mass is 1090 g/mol. The van der Waals surface area contributed by atoms with Crippen molar-refractivity contribution in [3.8, 4) is 0 Å². The number of esters is 1. The fraction of sp³-hybridized carbons (Fsp3) is 0.825. The third kappa shape index (κ3) is 45.6. The molecule has 1 fully saturated rings. The van der Waals surface area contributed by atoms with E-state index in [1.54, 1.807) is 0 Å². The van der Waals surface area contributed by atoms with E-state index in [1.807, 2.05) is 0 Å². The summed E-state index contributed by atoms with van der Waals surface area (Å²) < 4.78 is 59.5. The van der Waals surface area contributed by atoms with Gasteiger partial charge in [0.05, 0.1) is 19.8 Å². The van der Waals surface area contributed by atoms with Crippen molar-refractivity contribution < 1.29 is 56.2 Å². The second-order valence-electron chi connectivity index (χ2n) is 21.3. The van der Waals surface area contributed by atoms with E-state index in [-0.39, 0.29) is 19.6 Å². The molecule has 444 valence electrons. The van der Waals surface area contributed by atoms with Crippen molar-refractivity contribution in [2.75, 3.05) is 26.4 Å². The minimum Gasteiger partial charge on any atom is -0.457 e. The Labute approximate surface area is 465 Å². The number of carbonyl (C=O) groups excluding carboxylic acids is 1. The van der Waals surface area contributed by atoms with Gasteiger partial charge in [0.1, 0.15) is 30.5 Å². The zero-order chi connectivity index (χ0) is 55.3. The Bertz CT molecular complexity index is 1550. The first-order valence-corrected chi connectivity index (χ1v) is 32.4. The summed E-state index contributed by atoms with van der Waals surface area (Å²) in [6.45, 7) is 3.92. The number of aliphatic hydroxyl groups excluding tert-OH is 3. The van der Waals surface area contributed by atoms with E-state index in [0.717, 1.165) is 70.6 Å². The van der Waals surface area contributed by atoms with Gasteiger partial charge < -0.3 is 34.3 Å². The average Bonchev–Trinajstić information content (AvgIpc) is 3.40. The molecule has 1 aliphatic rings. The van der Waals surface area contributed by atoms with Crippen LogP contribution in [-0.4, -0.2) is 97.5 Å². The van der Waals surface area contributed by atoms with E-state index in [0.29, 0.717) is 13.0 Å². The van der Waals surface area contributed by atoms with E-state index >= 15 is 0 Å². The first kappa shape index (κ1) is 71.8. The SMILES string of the molecule is CC/C=C\C/C=C\C/C=C\C/C=C\CCCCCCCCCCCCCOCC(COC1OC(CO)C(O)C(OS(=O)(=O)O)C1O)OC(=O)CCCCCCCCCCCCCCC/C=C\CCCCCCCCCC. The molecule has 76 heavy (non-hydrogen) atoms. The van der Waals surface area contributed by atoms with Gasteiger partial charge in [-0.05, 0) is 77.0 Å². The van der Waals surface area contributed by atoms with Crippen molar-refractivity contribution in [1.82, 2.24) is 0 Å². The molecule has 12 nitrogen and oxygen atoms in total. The van der Waals surface area contributed by atoms with Crippen LogP contribution in [0, 0.1) is 0 Å². The molecule has 0 aromatic carbocycles. The van der Waals surface area contributed by atoms with Gasteiger partial charge in [-0.25, -0.2) is 4.18 Å². The van der Waals surface area contributed by atoms with Crippen LogP contribution in [0.4, 0.5) is 0 Å². The van der Waals surface area contributed by atoms with Crippen molar-refractivity contribution >= 4 is 16.4 Å². The van der Waals surface area contributed by atoms with Gasteiger partial charge in [-0.2, -0.15) is 8.42 Å². The third-order valence-corrected chi connectivity index (χ3v) is 14.6. The van der Waals surface area contributed by atoms with Crippen LogP contribution in [0.25, 0.3) is 0 Å². The molecule has 0 spiro atoms. The van der Waals surface area contributed by atoms with Crippen molar-refractivity contribution in [2.24, 2.45) is 0 Å². The molecule has 1 heterocycles. The molecular formula is C63H114O12S. The predicted octanol–water partition coefficient (Wildman–Crippen LogP) is 16.0. The maximum absolute atomic E-state index is 13.0. The van der Waals surface area contributed by atoms with E-state index in [4.69, 9.17) is 18.9 Å². The molecule has 0 bridgehead atoms. The summed E-state index contributed by atoms with van der Waals surface area (Å²) >= 11 is 0. The van der Waals surface area contributed by atoms with Crippen LogP contribution < -0.4 is 0 Å². The topological polar surface area (TPSA) is 178 Å². The molecule has 0 saturated carbocycles. The highest BCUT2D eigenvalue weighted by Crippen LogP contribution is 2.26. The molecule has 0 radical (unpaired) electrons. The van der Waals surface area contributed by atoms with Gasteiger partial charge in [0.15, 0.2) is 6.29 Å². The highest BCUT2D eigenvalue weighted by atomic mass is 32.3. The smallest absolute Gasteiger partial charge is 0.397 e.